The minimum absolute atomic E-state index is 0.0408. The lowest BCUT2D eigenvalue weighted by molar-refractivity contribution is -0.134. The van der Waals surface area contributed by atoms with E-state index >= 15 is 0 Å². The zero-order valence-corrected chi connectivity index (χ0v) is 16.9. The molecule has 1 saturated heterocycles. The Morgan fingerprint density at radius 1 is 1.19 bits per heavy atom. The van der Waals surface area contributed by atoms with Gasteiger partial charge in [-0.2, -0.15) is 0 Å². The number of likely N-dealkylation sites (tertiary alicyclic amines) is 1. The molecule has 3 aromatic rings. The van der Waals surface area contributed by atoms with Crippen molar-refractivity contribution in [2.45, 2.75) is 31.9 Å². The van der Waals surface area contributed by atoms with Gasteiger partial charge in [0.2, 0.25) is 5.91 Å². The van der Waals surface area contributed by atoms with Crippen LogP contribution in [-0.4, -0.2) is 50.4 Å². The highest BCUT2D eigenvalue weighted by Gasteiger charge is 2.25. The number of amides is 2. The summed E-state index contributed by atoms with van der Waals surface area (Å²) in [5.74, 6) is -0.165. The van der Waals surface area contributed by atoms with Gasteiger partial charge in [-0.3, -0.25) is 23.9 Å². The smallest absolute Gasteiger partial charge is 0.267 e. The number of hydrogen-bond donors (Lipinski definition) is 1. The number of carbonyl (C=O) groups is 2. The summed E-state index contributed by atoms with van der Waals surface area (Å²) >= 11 is 0. The number of para-hydroxylation sites is 1. The third kappa shape index (κ3) is 4.71. The molecule has 2 aromatic heterocycles. The average Bonchev–Trinajstić information content (AvgIpc) is 2.79. The predicted octanol–water partition coefficient (Wildman–Crippen LogP) is 1.35. The predicted molar refractivity (Wildman–Crippen MR) is 114 cm³/mol. The van der Waals surface area contributed by atoms with Crippen molar-refractivity contribution >= 4 is 22.7 Å². The van der Waals surface area contributed by atoms with Gasteiger partial charge in [-0.1, -0.05) is 12.1 Å². The van der Waals surface area contributed by atoms with E-state index in [-0.39, 0.29) is 36.2 Å². The molecule has 1 aliphatic rings. The topological polar surface area (TPSA) is 120 Å². The highest BCUT2D eigenvalue weighted by Crippen LogP contribution is 2.19. The first-order chi connectivity index (χ1) is 15.0. The maximum Gasteiger partial charge on any atom is 0.267 e. The van der Waals surface area contributed by atoms with Crippen molar-refractivity contribution in [1.82, 2.24) is 19.4 Å². The van der Waals surface area contributed by atoms with E-state index in [0.717, 1.165) is 12.8 Å². The summed E-state index contributed by atoms with van der Waals surface area (Å²) < 4.78 is 7.42. The van der Waals surface area contributed by atoms with Gasteiger partial charge < -0.3 is 15.4 Å². The Hall–Kier alpha value is -3.75. The minimum atomic E-state index is -0.621. The van der Waals surface area contributed by atoms with E-state index in [9.17, 15) is 14.4 Å². The van der Waals surface area contributed by atoms with E-state index in [1.54, 1.807) is 29.2 Å². The molecule has 1 atom stereocenters. The Bertz CT molecular complexity index is 1180. The van der Waals surface area contributed by atoms with E-state index in [1.807, 2.05) is 6.07 Å². The molecular weight excluding hydrogens is 398 g/mol. The molecule has 0 radical (unpaired) electrons. The van der Waals surface area contributed by atoms with Crippen LogP contribution in [0.4, 0.5) is 0 Å². The monoisotopic (exact) mass is 421 g/mol. The number of primary amides is 1. The largest absolute Gasteiger partial charge is 0.488 e. The van der Waals surface area contributed by atoms with Crippen LogP contribution in [0.1, 0.15) is 29.8 Å². The molecule has 1 aromatic carbocycles. The van der Waals surface area contributed by atoms with Crippen LogP contribution in [0.3, 0.4) is 0 Å². The summed E-state index contributed by atoms with van der Waals surface area (Å²) in [6.07, 6.45) is 4.57. The number of aryl methyl sites for hydroxylation is 1. The van der Waals surface area contributed by atoms with Crippen molar-refractivity contribution in [1.29, 1.82) is 0 Å². The van der Waals surface area contributed by atoms with Gasteiger partial charge in [0.05, 0.1) is 23.8 Å². The van der Waals surface area contributed by atoms with Crippen molar-refractivity contribution in [2.24, 2.45) is 5.73 Å². The van der Waals surface area contributed by atoms with Crippen molar-refractivity contribution in [2.75, 3.05) is 13.1 Å². The van der Waals surface area contributed by atoms with Gasteiger partial charge in [-0.15, -0.1) is 0 Å². The van der Waals surface area contributed by atoms with Gasteiger partial charge in [0.25, 0.3) is 11.5 Å². The number of fused-ring (bicyclic) bond motifs is 1. The number of carbonyl (C=O) groups excluding carboxylic acids is 2. The number of ether oxygens (including phenoxy) is 1. The van der Waals surface area contributed by atoms with Gasteiger partial charge in [0.1, 0.15) is 17.5 Å². The molecule has 0 saturated carbocycles. The van der Waals surface area contributed by atoms with Gasteiger partial charge in [-0.05, 0) is 31.0 Å². The normalized spacial score (nSPS) is 16.3. The molecule has 9 heteroatoms. The molecule has 0 aliphatic carbocycles. The molecule has 160 valence electrons. The zero-order valence-electron chi connectivity index (χ0n) is 16.9. The second kappa shape index (κ2) is 8.95. The molecule has 2 N–H and O–H groups in total. The number of aromatic nitrogens is 3. The number of pyridine rings is 1. The molecule has 1 fully saturated rings. The molecule has 1 aliphatic heterocycles. The average molecular weight is 421 g/mol. The van der Waals surface area contributed by atoms with E-state index in [0.29, 0.717) is 29.7 Å². The van der Waals surface area contributed by atoms with E-state index < -0.39 is 5.91 Å². The Kier molecular flexibility index (Phi) is 5.92. The van der Waals surface area contributed by atoms with Crippen molar-refractivity contribution in [3.8, 4) is 5.75 Å². The number of rotatable bonds is 6. The SMILES string of the molecule is NC(=O)c1cc(OC2CCCN(C(=O)CCn3cnc4ccccc4c3=O)C2)ccn1. The van der Waals surface area contributed by atoms with Crippen LogP contribution in [0.2, 0.25) is 0 Å². The van der Waals surface area contributed by atoms with Crippen molar-refractivity contribution in [3.63, 3.8) is 0 Å². The number of nitrogens with zero attached hydrogens (tertiary/aromatic N) is 4. The summed E-state index contributed by atoms with van der Waals surface area (Å²) in [5.41, 5.74) is 5.89. The molecule has 9 nitrogen and oxygen atoms in total. The van der Waals surface area contributed by atoms with E-state index in [4.69, 9.17) is 10.5 Å². The lowest BCUT2D eigenvalue weighted by Crippen LogP contribution is -2.44. The highest BCUT2D eigenvalue weighted by atomic mass is 16.5. The quantitative estimate of drug-likeness (QED) is 0.641. The van der Waals surface area contributed by atoms with Gasteiger partial charge in [-0.25, -0.2) is 4.98 Å². The van der Waals surface area contributed by atoms with E-state index in [1.165, 1.54) is 23.2 Å². The van der Waals surface area contributed by atoms with Crippen LogP contribution < -0.4 is 16.0 Å². The van der Waals surface area contributed by atoms with Crippen LogP contribution in [0.25, 0.3) is 10.9 Å². The van der Waals surface area contributed by atoms with Crippen LogP contribution >= 0.6 is 0 Å². The fourth-order valence-corrected chi connectivity index (χ4v) is 3.71. The third-order valence-electron chi connectivity index (χ3n) is 5.32. The third-order valence-corrected chi connectivity index (χ3v) is 5.32. The second-order valence-corrected chi connectivity index (χ2v) is 7.47. The van der Waals surface area contributed by atoms with Crippen molar-refractivity contribution in [3.05, 3.63) is 65.0 Å². The number of hydrogen-bond acceptors (Lipinski definition) is 6. The van der Waals surface area contributed by atoms with E-state index in [2.05, 4.69) is 9.97 Å². The molecule has 2 amide bonds. The Morgan fingerprint density at radius 2 is 2.03 bits per heavy atom. The fourth-order valence-electron chi connectivity index (χ4n) is 3.71. The first-order valence-corrected chi connectivity index (χ1v) is 10.2. The summed E-state index contributed by atoms with van der Waals surface area (Å²) in [6.45, 7) is 1.36. The van der Waals surface area contributed by atoms with Crippen molar-refractivity contribution < 1.29 is 14.3 Å². The maximum absolute atomic E-state index is 12.8. The molecule has 0 bridgehead atoms. The van der Waals surface area contributed by atoms with Crippen LogP contribution in [-0.2, 0) is 11.3 Å². The van der Waals surface area contributed by atoms with Gasteiger partial charge in [0.15, 0.2) is 0 Å². The number of nitrogens with two attached hydrogens (primary N) is 1. The lowest BCUT2D eigenvalue weighted by Gasteiger charge is -2.33. The summed E-state index contributed by atoms with van der Waals surface area (Å²) in [4.78, 5) is 46.6. The first kappa shape index (κ1) is 20.5. The summed E-state index contributed by atoms with van der Waals surface area (Å²) in [5, 5.41) is 0.538. The Labute approximate surface area is 178 Å². The molecule has 31 heavy (non-hydrogen) atoms. The molecular formula is C22H23N5O4. The number of piperidine rings is 1. The standard InChI is InChI=1S/C22H23N5O4/c23-21(29)19-12-15(7-9-24-19)31-16-4-3-10-26(13-16)20(28)8-11-27-14-25-18-6-2-1-5-17(18)22(27)30/h1-2,5-7,9,12,14,16H,3-4,8,10-11,13H2,(H2,23,29). The first-order valence-electron chi connectivity index (χ1n) is 10.2. The second-order valence-electron chi connectivity index (χ2n) is 7.47. The van der Waals surface area contributed by atoms with Gasteiger partial charge in [0, 0.05) is 31.8 Å². The van der Waals surface area contributed by atoms with Gasteiger partial charge >= 0.3 is 0 Å². The molecule has 1 unspecified atom stereocenters. The summed E-state index contributed by atoms with van der Waals surface area (Å²) in [7, 11) is 0. The fraction of sp³-hybridized carbons (Fsp3) is 0.318. The molecule has 0 spiro atoms. The molecule has 4 rings (SSSR count). The Balaban J connectivity index is 1.37. The maximum atomic E-state index is 12.8. The van der Waals surface area contributed by atoms with Crippen LogP contribution in [0.15, 0.2) is 53.7 Å². The Morgan fingerprint density at radius 3 is 2.87 bits per heavy atom. The minimum Gasteiger partial charge on any atom is -0.488 e. The lowest BCUT2D eigenvalue weighted by atomic mass is 10.1. The zero-order chi connectivity index (χ0) is 21.8. The number of benzene rings is 1. The highest BCUT2D eigenvalue weighted by molar-refractivity contribution is 5.91. The van der Waals surface area contributed by atoms with Crippen LogP contribution in [0.5, 0.6) is 5.75 Å². The molecule has 3 heterocycles. The summed E-state index contributed by atoms with van der Waals surface area (Å²) in [6, 6.07) is 10.3. The van der Waals surface area contributed by atoms with Crippen LogP contribution in [0, 0.1) is 0 Å².